The average molecular weight is 245 g/mol. The number of carboxylic acid groups (broad SMARTS) is 1. The van der Waals surface area contributed by atoms with Gasteiger partial charge in [0.2, 0.25) is 0 Å². The van der Waals surface area contributed by atoms with E-state index >= 15 is 0 Å². The predicted octanol–water partition coefficient (Wildman–Crippen LogP) is 3.69. The maximum atomic E-state index is 10.6. The molecule has 0 fully saturated rings. The molecular weight excluding hydrogens is 232 g/mol. The maximum absolute atomic E-state index is 10.6. The Morgan fingerprint density at radius 2 is 2.20 bits per heavy atom. The fraction of sp³-hybridized carbons (Fsp3) is 0.364. The molecule has 0 aliphatic carbocycles. The van der Waals surface area contributed by atoms with E-state index in [1.54, 1.807) is 0 Å². The summed E-state index contributed by atoms with van der Waals surface area (Å²) in [5, 5.41) is 9.49. The molecule has 4 heteroatoms. The van der Waals surface area contributed by atoms with Gasteiger partial charge in [-0.3, -0.25) is 4.79 Å². The van der Waals surface area contributed by atoms with Crippen LogP contribution >= 0.6 is 23.4 Å². The highest BCUT2D eigenvalue weighted by Gasteiger charge is 2.13. The molecule has 0 aliphatic rings. The van der Waals surface area contributed by atoms with Gasteiger partial charge in [-0.25, -0.2) is 0 Å². The van der Waals surface area contributed by atoms with Crippen molar-refractivity contribution in [1.82, 2.24) is 0 Å². The number of rotatable bonds is 5. The van der Waals surface area contributed by atoms with Gasteiger partial charge >= 0.3 is 5.97 Å². The number of thioether (sulfide) groups is 1. The summed E-state index contributed by atoms with van der Waals surface area (Å²) in [7, 11) is 0. The van der Waals surface area contributed by atoms with E-state index in [-0.39, 0.29) is 11.7 Å². The molecule has 2 nitrogen and oxygen atoms in total. The van der Waals surface area contributed by atoms with Crippen LogP contribution in [0.1, 0.15) is 19.8 Å². The van der Waals surface area contributed by atoms with E-state index in [4.69, 9.17) is 16.7 Å². The highest BCUT2D eigenvalue weighted by atomic mass is 35.5. The van der Waals surface area contributed by atoms with E-state index in [1.807, 2.05) is 31.2 Å². The Kier molecular flexibility index (Phi) is 4.99. The first-order valence-corrected chi connectivity index (χ1v) is 6.02. The van der Waals surface area contributed by atoms with Crippen molar-refractivity contribution >= 4 is 29.3 Å². The highest BCUT2D eigenvalue weighted by Crippen LogP contribution is 2.32. The van der Waals surface area contributed by atoms with E-state index in [2.05, 4.69) is 0 Å². The Balaban J connectivity index is 2.66. The molecule has 0 aliphatic heterocycles. The van der Waals surface area contributed by atoms with Gasteiger partial charge in [-0.1, -0.05) is 30.7 Å². The summed E-state index contributed by atoms with van der Waals surface area (Å²) in [5.74, 6) is -0.763. The zero-order valence-electron chi connectivity index (χ0n) is 8.44. The van der Waals surface area contributed by atoms with Gasteiger partial charge in [-0.2, -0.15) is 0 Å². The Bertz CT molecular complexity index is 341. The molecule has 82 valence electrons. The van der Waals surface area contributed by atoms with E-state index < -0.39 is 5.97 Å². The van der Waals surface area contributed by atoms with Crippen LogP contribution in [0.5, 0.6) is 0 Å². The summed E-state index contributed by atoms with van der Waals surface area (Å²) in [6.45, 7) is 1.98. The van der Waals surface area contributed by atoms with Crippen LogP contribution in [0.15, 0.2) is 29.2 Å². The minimum Gasteiger partial charge on any atom is -0.481 e. The van der Waals surface area contributed by atoms with Crippen LogP contribution in [0.2, 0.25) is 5.02 Å². The third-order valence-corrected chi connectivity index (χ3v) is 3.87. The van der Waals surface area contributed by atoms with Crippen molar-refractivity contribution in [2.45, 2.75) is 29.9 Å². The van der Waals surface area contributed by atoms with Crippen LogP contribution in [0.3, 0.4) is 0 Å². The average Bonchev–Trinajstić information content (AvgIpc) is 2.19. The normalized spacial score (nSPS) is 12.4. The molecule has 0 amide bonds. The molecule has 1 aromatic carbocycles. The molecule has 1 aromatic rings. The SMILES string of the molecule is CCC(CC(=O)O)Sc1ccccc1Cl. The minimum absolute atomic E-state index is 0.0856. The van der Waals surface area contributed by atoms with Crippen LogP contribution in [-0.2, 0) is 4.79 Å². The second kappa shape index (κ2) is 6.03. The van der Waals surface area contributed by atoms with E-state index in [1.165, 1.54) is 11.8 Å². The lowest BCUT2D eigenvalue weighted by atomic mass is 10.2. The van der Waals surface area contributed by atoms with Gasteiger partial charge in [0.15, 0.2) is 0 Å². The molecule has 1 atom stereocenters. The molecule has 0 spiro atoms. The number of aliphatic carboxylic acids is 1. The molecule has 1 rings (SSSR count). The molecule has 0 saturated heterocycles. The van der Waals surface area contributed by atoms with Crippen LogP contribution in [0.4, 0.5) is 0 Å². The molecular formula is C11H13ClO2S. The van der Waals surface area contributed by atoms with Gasteiger partial charge in [-0.15, -0.1) is 11.8 Å². The zero-order chi connectivity index (χ0) is 11.3. The molecule has 15 heavy (non-hydrogen) atoms. The molecule has 0 bridgehead atoms. The Labute approximate surface area is 98.6 Å². The summed E-state index contributed by atoms with van der Waals surface area (Å²) in [4.78, 5) is 11.5. The summed E-state index contributed by atoms with van der Waals surface area (Å²) in [6, 6.07) is 7.50. The molecule has 0 aromatic heterocycles. The number of benzene rings is 1. The lowest BCUT2D eigenvalue weighted by molar-refractivity contribution is -0.136. The number of hydrogen-bond donors (Lipinski definition) is 1. The first-order chi connectivity index (χ1) is 7.13. The number of carboxylic acids is 1. The van der Waals surface area contributed by atoms with Crippen molar-refractivity contribution in [3.05, 3.63) is 29.3 Å². The van der Waals surface area contributed by atoms with Crippen molar-refractivity contribution in [2.75, 3.05) is 0 Å². The van der Waals surface area contributed by atoms with Crippen molar-refractivity contribution in [2.24, 2.45) is 0 Å². The number of carbonyl (C=O) groups is 1. The van der Waals surface area contributed by atoms with Gasteiger partial charge in [0, 0.05) is 10.1 Å². The quantitative estimate of drug-likeness (QED) is 0.803. The first-order valence-electron chi connectivity index (χ1n) is 4.76. The predicted molar refractivity (Wildman–Crippen MR) is 63.6 cm³/mol. The second-order valence-corrected chi connectivity index (χ2v) is 4.93. The Morgan fingerprint density at radius 3 is 2.73 bits per heavy atom. The van der Waals surface area contributed by atoms with Gasteiger partial charge < -0.3 is 5.11 Å². The van der Waals surface area contributed by atoms with Crippen LogP contribution in [-0.4, -0.2) is 16.3 Å². The largest absolute Gasteiger partial charge is 0.481 e. The van der Waals surface area contributed by atoms with Crippen molar-refractivity contribution in [1.29, 1.82) is 0 Å². The van der Waals surface area contributed by atoms with Gasteiger partial charge in [0.1, 0.15) is 0 Å². The lowest BCUT2D eigenvalue weighted by Crippen LogP contribution is -2.08. The summed E-state index contributed by atoms with van der Waals surface area (Å²) < 4.78 is 0. The van der Waals surface area contributed by atoms with Crippen molar-refractivity contribution in [3.8, 4) is 0 Å². The van der Waals surface area contributed by atoms with Crippen molar-refractivity contribution < 1.29 is 9.90 Å². The third kappa shape index (κ3) is 4.14. The fourth-order valence-corrected chi connectivity index (χ4v) is 2.54. The summed E-state index contributed by atoms with van der Waals surface area (Å²) in [6.07, 6.45) is 0.995. The van der Waals surface area contributed by atoms with E-state index in [9.17, 15) is 4.79 Å². The molecule has 0 heterocycles. The fourth-order valence-electron chi connectivity index (χ4n) is 1.18. The van der Waals surface area contributed by atoms with Crippen LogP contribution < -0.4 is 0 Å². The monoisotopic (exact) mass is 244 g/mol. The summed E-state index contributed by atoms with van der Waals surface area (Å²) >= 11 is 7.52. The molecule has 1 N–H and O–H groups in total. The van der Waals surface area contributed by atoms with Gasteiger partial charge in [0.25, 0.3) is 0 Å². The highest BCUT2D eigenvalue weighted by molar-refractivity contribution is 8.00. The first kappa shape index (κ1) is 12.4. The maximum Gasteiger partial charge on any atom is 0.304 e. The molecule has 0 radical (unpaired) electrons. The summed E-state index contributed by atoms with van der Waals surface area (Å²) in [5.41, 5.74) is 0. The second-order valence-electron chi connectivity index (χ2n) is 3.18. The van der Waals surface area contributed by atoms with Crippen molar-refractivity contribution in [3.63, 3.8) is 0 Å². The topological polar surface area (TPSA) is 37.3 Å². The van der Waals surface area contributed by atoms with Gasteiger partial charge in [-0.05, 0) is 18.6 Å². The van der Waals surface area contributed by atoms with E-state index in [0.717, 1.165) is 11.3 Å². The Hall–Kier alpha value is -0.670. The van der Waals surface area contributed by atoms with Crippen LogP contribution in [0.25, 0.3) is 0 Å². The number of halogens is 1. The minimum atomic E-state index is -0.763. The number of hydrogen-bond acceptors (Lipinski definition) is 2. The lowest BCUT2D eigenvalue weighted by Gasteiger charge is -2.12. The van der Waals surface area contributed by atoms with Crippen LogP contribution in [0, 0.1) is 0 Å². The Morgan fingerprint density at radius 1 is 1.53 bits per heavy atom. The van der Waals surface area contributed by atoms with E-state index in [0.29, 0.717) is 5.02 Å². The van der Waals surface area contributed by atoms with Gasteiger partial charge in [0.05, 0.1) is 11.4 Å². The molecule has 0 saturated carbocycles. The third-order valence-electron chi connectivity index (χ3n) is 1.99. The smallest absolute Gasteiger partial charge is 0.304 e. The molecule has 1 unspecified atom stereocenters. The zero-order valence-corrected chi connectivity index (χ0v) is 10.0. The standard InChI is InChI=1S/C11H13ClO2S/c1-2-8(7-11(13)14)15-10-6-4-3-5-9(10)12/h3-6,8H,2,7H2,1H3,(H,13,14).